The predicted molar refractivity (Wildman–Crippen MR) is 105 cm³/mol. The van der Waals surface area contributed by atoms with Crippen LogP contribution in [0.15, 0.2) is 30.6 Å². The van der Waals surface area contributed by atoms with Gasteiger partial charge < -0.3 is 10.1 Å². The Hall–Kier alpha value is -2.61. The Kier molecular flexibility index (Phi) is 8.07. The van der Waals surface area contributed by atoms with E-state index >= 15 is 0 Å². The maximum atomic E-state index is 14.2. The van der Waals surface area contributed by atoms with Gasteiger partial charge in [0.1, 0.15) is 6.61 Å². The second-order valence-corrected chi connectivity index (χ2v) is 6.92. The maximum Gasteiger partial charge on any atom is 0.220 e. The monoisotopic (exact) mass is 417 g/mol. The minimum atomic E-state index is -0.451. The molecule has 2 aromatic heterocycles. The van der Waals surface area contributed by atoms with E-state index in [1.165, 1.54) is 12.8 Å². The lowest BCUT2D eigenvalue weighted by molar-refractivity contribution is -0.620. The van der Waals surface area contributed by atoms with E-state index in [4.69, 9.17) is 9.99 Å². The number of nitrogens with zero attached hydrogens (tertiary/aromatic N) is 2. The Bertz CT molecular complexity index is 902. The molecule has 8 nitrogen and oxygen atoms in total. The van der Waals surface area contributed by atoms with Gasteiger partial charge in [-0.05, 0) is 59.5 Å². The molecule has 4 heterocycles. The number of methoxy groups -OCH3 is 1. The van der Waals surface area contributed by atoms with Gasteiger partial charge >= 0.3 is 0 Å². The third-order valence-electron chi connectivity index (χ3n) is 5.23. The van der Waals surface area contributed by atoms with E-state index < -0.39 is 5.95 Å². The van der Waals surface area contributed by atoms with Gasteiger partial charge in [0.15, 0.2) is 0 Å². The number of aromatic nitrogens is 2. The Morgan fingerprint density at radius 3 is 2.83 bits per heavy atom. The molecule has 0 aliphatic carbocycles. The zero-order valence-corrected chi connectivity index (χ0v) is 16.8. The van der Waals surface area contributed by atoms with Crippen molar-refractivity contribution in [2.45, 2.75) is 44.2 Å². The van der Waals surface area contributed by atoms with Crippen molar-refractivity contribution in [1.82, 2.24) is 15.3 Å². The molecule has 2 bridgehead atoms. The van der Waals surface area contributed by atoms with Gasteiger partial charge in [-0.2, -0.15) is 9.28 Å². The molecule has 2 fully saturated rings. The standard InChI is InChI=1S/C17H18FN3O.C4H6O4/c1-22-16-7-10(4-5-19-16)14-6-11(9-20-17(14)18)13-8-12-2-3-15(13)21-12;1-2-3-4-6-8-7-5/h4-7,9,12-13,15,21H,2-3,8H2,1H3;5H,4H2,1H3. The highest BCUT2D eigenvalue weighted by Crippen LogP contribution is 2.40. The van der Waals surface area contributed by atoms with Crippen LogP contribution in [0, 0.1) is 17.8 Å². The molecule has 0 radical (unpaired) electrons. The van der Waals surface area contributed by atoms with Gasteiger partial charge in [-0.15, -0.1) is 5.92 Å². The molecule has 2 aliphatic heterocycles. The van der Waals surface area contributed by atoms with E-state index in [0.29, 0.717) is 29.4 Å². The average molecular weight is 417 g/mol. The molecule has 3 atom stereocenters. The largest absolute Gasteiger partial charge is 0.481 e. The second kappa shape index (κ2) is 11.0. The van der Waals surface area contributed by atoms with Crippen molar-refractivity contribution in [3.8, 4) is 28.8 Å². The first-order valence-electron chi connectivity index (χ1n) is 9.57. The highest BCUT2D eigenvalue weighted by Gasteiger charge is 2.40. The van der Waals surface area contributed by atoms with Gasteiger partial charge in [-0.1, -0.05) is 5.92 Å². The smallest absolute Gasteiger partial charge is 0.220 e. The van der Waals surface area contributed by atoms with Crippen LogP contribution in [0.3, 0.4) is 0 Å². The van der Waals surface area contributed by atoms with Crippen LogP contribution in [0.4, 0.5) is 4.39 Å². The fourth-order valence-corrected chi connectivity index (χ4v) is 3.90. The number of nitrogens with one attached hydrogen (secondary N) is 1. The molecule has 2 aromatic rings. The lowest BCUT2D eigenvalue weighted by atomic mass is 9.84. The van der Waals surface area contributed by atoms with Crippen molar-refractivity contribution < 1.29 is 29.3 Å². The molecule has 0 spiro atoms. The average Bonchev–Trinajstić information content (AvgIpc) is 3.41. The minimum Gasteiger partial charge on any atom is -0.481 e. The first-order chi connectivity index (χ1) is 14.7. The van der Waals surface area contributed by atoms with Crippen LogP contribution >= 0.6 is 0 Å². The Balaban J connectivity index is 0.000000275. The molecule has 0 amide bonds. The van der Waals surface area contributed by atoms with Crippen LogP contribution in [0.25, 0.3) is 11.1 Å². The second-order valence-electron chi connectivity index (χ2n) is 6.92. The maximum absolute atomic E-state index is 14.2. The molecule has 9 heteroatoms. The van der Waals surface area contributed by atoms with Crippen LogP contribution in [0.5, 0.6) is 5.88 Å². The summed E-state index contributed by atoms with van der Waals surface area (Å²) in [7, 11) is 1.55. The van der Waals surface area contributed by atoms with E-state index in [9.17, 15) is 4.39 Å². The number of pyridine rings is 2. The van der Waals surface area contributed by atoms with E-state index in [1.807, 2.05) is 6.07 Å². The Morgan fingerprint density at radius 1 is 1.30 bits per heavy atom. The highest BCUT2D eigenvalue weighted by atomic mass is 19.1. The first kappa shape index (κ1) is 22.1. The van der Waals surface area contributed by atoms with Crippen molar-refractivity contribution in [2.24, 2.45) is 0 Å². The van der Waals surface area contributed by atoms with Gasteiger partial charge in [0.25, 0.3) is 0 Å². The van der Waals surface area contributed by atoms with Gasteiger partial charge in [-0.3, -0.25) is 0 Å². The van der Waals surface area contributed by atoms with Crippen LogP contribution in [0.1, 0.15) is 37.7 Å². The molecule has 0 saturated carbocycles. The first-order valence-corrected chi connectivity index (χ1v) is 9.57. The summed E-state index contributed by atoms with van der Waals surface area (Å²) in [5.41, 5.74) is 2.38. The number of rotatable bonds is 6. The van der Waals surface area contributed by atoms with E-state index in [1.54, 1.807) is 38.6 Å². The quantitative estimate of drug-likeness (QED) is 0.243. The summed E-state index contributed by atoms with van der Waals surface area (Å²) in [5.74, 6) is 5.49. The number of hydrogen-bond acceptors (Lipinski definition) is 8. The van der Waals surface area contributed by atoms with Crippen molar-refractivity contribution in [2.75, 3.05) is 13.7 Å². The van der Waals surface area contributed by atoms with Crippen LogP contribution in [-0.2, 0) is 15.0 Å². The van der Waals surface area contributed by atoms with Gasteiger partial charge in [0, 0.05) is 42.0 Å². The zero-order chi connectivity index (χ0) is 21.3. The summed E-state index contributed by atoms with van der Waals surface area (Å²) < 4.78 is 19.3. The third-order valence-corrected chi connectivity index (χ3v) is 5.23. The molecule has 2 N–H and O–H groups in total. The normalized spacial score (nSPS) is 21.4. The summed E-state index contributed by atoms with van der Waals surface area (Å²) in [4.78, 5) is 12.1. The molecule has 2 aliphatic rings. The van der Waals surface area contributed by atoms with Gasteiger partial charge in [0.05, 0.1) is 7.11 Å². The van der Waals surface area contributed by atoms with Gasteiger partial charge in [0.2, 0.25) is 11.8 Å². The molecular weight excluding hydrogens is 393 g/mol. The topological polar surface area (TPSA) is 95.0 Å². The molecule has 160 valence electrons. The predicted octanol–water partition coefficient (Wildman–Crippen LogP) is 3.26. The van der Waals surface area contributed by atoms with Crippen molar-refractivity contribution in [1.29, 1.82) is 0 Å². The lowest BCUT2D eigenvalue weighted by Crippen LogP contribution is -2.21. The third kappa shape index (κ3) is 5.50. The van der Waals surface area contributed by atoms with Crippen LogP contribution in [0.2, 0.25) is 0 Å². The fraction of sp³-hybridized carbons (Fsp3) is 0.429. The number of ether oxygens (including phenoxy) is 1. The molecule has 4 rings (SSSR count). The fourth-order valence-electron chi connectivity index (χ4n) is 3.90. The summed E-state index contributed by atoms with van der Waals surface area (Å²) in [5, 5.41) is 17.8. The Morgan fingerprint density at radius 2 is 2.17 bits per heavy atom. The summed E-state index contributed by atoms with van der Waals surface area (Å²) >= 11 is 0. The number of halogens is 1. The van der Waals surface area contributed by atoms with Crippen molar-refractivity contribution >= 4 is 0 Å². The van der Waals surface area contributed by atoms with Crippen molar-refractivity contribution in [3.05, 3.63) is 42.1 Å². The zero-order valence-electron chi connectivity index (χ0n) is 16.8. The van der Waals surface area contributed by atoms with E-state index in [2.05, 4.69) is 42.1 Å². The molecule has 0 aromatic carbocycles. The van der Waals surface area contributed by atoms with E-state index in [0.717, 1.165) is 17.5 Å². The molecule has 2 saturated heterocycles. The van der Waals surface area contributed by atoms with Crippen LogP contribution < -0.4 is 10.1 Å². The highest BCUT2D eigenvalue weighted by molar-refractivity contribution is 5.64. The number of fused-ring (bicyclic) bond motifs is 2. The molecule has 30 heavy (non-hydrogen) atoms. The lowest BCUT2D eigenvalue weighted by Gasteiger charge is -2.20. The Labute approximate surface area is 174 Å². The molecule has 3 unspecified atom stereocenters. The minimum absolute atomic E-state index is 0.0804. The number of hydrogen-bond donors (Lipinski definition) is 2. The van der Waals surface area contributed by atoms with E-state index in [-0.39, 0.29) is 6.61 Å². The van der Waals surface area contributed by atoms with Crippen molar-refractivity contribution in [3.63, 3.8) is 0 Å². The SMILES string of the molecule is CC#CCOOOO.COc1cc(-c2cc(C3CC4CCC3N4)cnc2F)ccn1. The summed E-state index contributed by atoms with van der Waals surface area (Å²) in [6, 6.07) is 6.58. The summed E-state index contributed by atoms with van der Waals surface area (Å²) in [6.07, 6.45) is 6.88. The summed E-state index contributed by atoms with van der Waals surface area (Å²) in [6.45, 7) is 1.74. The van der Waals surface area contributed by atoms with Crippen LogP contribution in [-0.4, -0.2) is 41.0 Å². The van der Waals surface area contributed by atoms with Gasteiger partial charge in [-0.25, -0.2) is 15.2 Å². The molecular formula is C21H24FN3O5.